The van der Waals surface area contributed by atoms with Gasteiger partial charge in [0.2, 0.25) is 27.7 Å². The lowest BCUT2D eigenvalue weighted by atomic mass is 9.85. The zero-order valence-corrected chi connectivity index (χ0v) is 31.2. The first-order valence-electron chi connectivity index (χ1n) is 16.8. The molecule has 6 rings (SSSR count). The Morgan fingerprint density at radius 2 is 1.96 bits per heavy atom. The van der Waals surface area contributed by atoms with E-state index in [1.807, 2.05) is 30.4 Å². The van der Waals surface area contributed by atoms with Crippen LogP contribution in [0.15, 0.2) is 43.1 Å². The lowest BCUT2D eigenvalue weighted by Gasteiger charge is -2.35. The van der Waals surface area contributed by atoms with E-state index in [4.69, 9.17) is 9.47 Å². The highest BCUT2D eigenvalue weighted by molar-refractivity contribution is 14.1. The minimum atomic E-state index is -3.89. The molecule has 15 heteroatoms. The van der Waals surface area contributed by atoms with Gasteiger partial charge in [0, 0.05) is 32.9 Å². The molecule has 13 nitrogen and oxygen atoms in total. The summed E-state index contributed by atoms with van der Waals surface area (Å²) in [5.74, 6) is -2.18. The summed E-state index contributed by atoms with van der Waals surface area (Å²) in [6.07, 6.45) is 8.06. The number of hydrogen-bond acceptors (Lipinski definition) is 9. The number of nitrogens with one attached hydrogen (secondary N) is 3. The number of nitrogens with zero attached hydrogens (tertiary/aromatic N) is 2. The molecular formula is C35H42IN5O8S. The van der Waals surface area contributed by atoms with Crippen LogP contribution in [-0.4, -0.2) is 84.2 Å². The Bertz CT molecular complexity index is 1870. The SMILES string of the molecule is C=C[C@@H]1C[C@]1(NC(=O)[C@@H]1C[C@@H]2CN1C(=O)[C@H](C(C)(C)C)NC(=O)OCCC/C=C/c1cc(I)c3ccnc(c3c1)O2)C(=O)NS(=O)(=O)C1CC1. The van der Waals surface area contributed by atoms with Crippen molar-refractivity contribution in [3.63, 3.8) is 0 Å². The lowest BCUT2D eigenvalue weighted by Crippen LogP contribution is -2.60. The number of pyridine rings is 1. The minimum absolute atomic E-state index is 0.0187. The number of allylic oxidation sites excluding steroid dienone is 1. The molecule has 3 N–H and O–H groups in total. The third kappa shape index (κ3) is 7.48. The van der Waals surface area contributed by atoms with Crippen molar-refractivity contribution < 1.29 is 37.1 Å². The van der Waals surface area contributed by atoms with Crippen molar-refractivity contribution in [1.82, 2.24) is 25.2 Å². The molecule has 4 amide bonds. The average Bonchev–Trinajstić information content (AvgIpc) is 3.97. The molecule has 0 unspecified atom stereocenters. The predicted octanol–water partition coefficient (Wildman–Crippen LogP) is 3.80. The summed E-state index contributed by atoms with van der Waals surface area (Å²) in [6, 6.07) is 3.72. The Kier molecular flexibility index (Phi) is 9.93. The summed E-state index contributed by atoms with van der Waals surface area (Å²) in [7, 11) is -3.89. The van der Waals surface area contributed by atoms with Crippen LogP contribution in [0.5, 0.6) is 5.88 Å². The summed E-state index contributed by atoms with van der Waals surface area (Å²) < 4.78 is 40.4. The first-order chi connectivity index (χ1) is 23.6. The van der Waals surface area contributed by atoms with Crippen LogP contribution in [0.2, 0.25) is 0 Å². The normalized spacial score (nSPS) is 28.0. The molecule has 2 aromatic rings. The Labute approximate surface area is 305 Å². The molecule has 5 atom stereocenters. The quantitative estimate of drug-likeness (QED) is 0.290. The zero-order valence-electron chi connectivity index (χ0n) is 28.2. The van der Waals surface area contributed by atoms with E-state index in [-0.39, 0.29) is 26.0 Å². The fourth-order valence-corrected chi connectivity index (χ4v) is 8.73. The van der Waals surface area contributed by atoms with Crippen LogP contribution >= 0.6 is 22.6 Å². The molecule has 2 aliphatic heterocycles. The molecule has 1 aromatic heterocycles. The van der Waals surface area contributed by atoms with Crippen LogP contribution in [0.4, 0.5) is 4.79 Å². The van der Waals surface area contributed by atoms with Crippen LogP contribution in [0.3, 0.4) is 0 Å². The van der Waals surface area contributed by atoms with Crippen molar-refractivity contribution in [1.29, 1.82) is 0 Å². The molecule has 50 heavy (non-hydrogen) atoms. The van der Waals surface area contributed by atoms with Gasteiger partial charge in [-0.25, -0.2) is 18.2 Å². The smallest absolute Gasteiger partial charge is 0.407 e. The number of cyclic esters (lactones) is 1. The monoisotopic (exact) mass is 819 g/mol. The van der Waals surface area contributed by atoms with Gasteiger partial charge in [0.05, 0.1) is 18.4 Å². The number of sulfonamides is 1. The van der Waals surface area contributed by atoms with Crippen LogP contribution in [0.1, 0.15) is 64.9 Å². The first-order valence-corrected chi connectivity index (χ1v) is 19.4. The molecular weight excluding hydrogens is 777 g/mol. The number of carbonyl (C=O) groups excluding carboxylic acids is 4. The molecule has 3 fully saturated rings. The Morgan fingerprint density at radius 1 is 1.20 bits per heavy atom. The standard InChI is InChI=1S/C35H42IN5O8S/c1-5-21-18-35(21,32(44)40-50(46,47)23-10-11-23)39-29(42)27-17-22-19-41(27)31(43)28(34(2,3)4)38-33(45)48-14-8-6-7-9-20-15-25-24(26(36)16-20)12-13-37-30(25)49-22/h5,7,9,12-13,15-16,21-23,27-28H,1,6,8,10-11,14,17-19H2,2-4H3,(H,38,45)(H,39,42)(H,40,44)/b9-7+/t21-,22-,27+,28-,35-/m1/s1. The number of hydrogen-bond donors (Lipinski definition) is 3. The number of carbonyl (C=O) groups is 4. The molecule has 1 saturated heterocycles. The van der Waals surface area contributed by atoms with E-state index < -0.39 is 74.1 Å². The first kappa shape index (κ1) is 36.1. The van der Waals surface area contributed by atoms with Gasteiger partial charge in [-0.2, -0.15) is 0 Å². The van der Waals surface area contributed by atoms with Gasteiger partial charge >= 0.3 is 6.09 Å². The number of halogens is 1. The Morgan fingerprint density at radius 3 is 2.64 bits per heavy atom. The second-order valence-electron chi connectivity index (χ2n) is 14.5. The fraction of sp³-hybridized carbons (Fsp3) is 0.514. The predicted molar refractivity (Wildman–Crippen MR) is 194 cm³/mol. The third-order valence-corrected chi connectivity index (χ3v) is 12.3. The number of alkyl carbamates (subject to hydrolysis) is 1. The third-order valence-electron chi connectivity index (χ3n) is 9.62. The molecule has 4 aliphatic rings. The van der Waals surface area contributed by atoms with Crippen LogP contribution in [-0.2, 0) is 29.1 Å². The number of aromatic nitrogens is 1. The molecule has 0 radical (unpaired) electrons. The molecule has 268 valence electrons. The number of rotatable bonds is 6. The van der Waals surface area contributed by atoms with Gasteiger partial charge < -0.3 is 25.0 Å². The highest BCUT2D eigenvalue weighted by Crippen LogP contribution is 2.45. The van der Waals surface area contributed by atoms with Gasteiger partial charge in [0.25, 0.3) is 5.91 Å². The van der Waals surface area contributed by atoms with E-state index in [1.54, 1.807) is 27.0 Å². The summed E-state index contributed by atoms with van der Waals surface area (Å²) in [6.45, 7) is 9.27. The van der Waals surface area contributed by atoms with Crippen molar-refractivity contribution in [2.75, 3.05) is 13.2 Å². The molecule has 4 bridgehead atoms. The number of fused-ring (bicyclic) bond motifs is 3. The Hall–Kier alpha value is -3.73. The van der Waals surface area contributed by atoms with E-state index in [0.717, 1.165) is 19.9 Å². The average molecular weight is 820 g/mol. The van der Waals surface area contributed by atoms with Crippen molar-refractivity contribution in [3.8, 4) is 5.88 Å². The summed E-state index contributed by atoms with van der Waals surface area (Å²) in [5.41, 5.74) is -1.39. The fourth-order valence-electron chi connectivity index (χ4n) is 6.54. The maximum atomic E-state index is 14.4. The van der Waals surface area contributed by atoms with E-state index in [9.17, 15) is 27.6 Å². The van der Waals surface area contributed by atoms with Gasteiger partial charge in [-0.1, -0.05) is 39.0 Å². The lowest BCUT2D eigenvalue weighted by molar-refractivity contribution is -0.142. The topological polar surface area (TPSA) is 173 Å². The second-order valence-corrected chi connectivity index (χ2v) is 17.6. The van der Waals surface area contributed by atoms with Gasteiger partial charge in [-0.3, -0.25) is 19.1 Å². The van der Waals surface area contributed by atoms with Crippen LogP contribution in [0.25, 0.3) is 16.8 Å². The Balaban J connectivity index is 1.35. The van der Waals surface area contributed by atoms with Crippen LogP contribution < -0.4 is 20.1 Å². The second kappa shape index (κ2) is 13.8. The largest absolute Gasteiger partial charge is 0.472 e. The van der Waals surface area contributed by atoms with Gasteiger partial charge in [0.15, 0.2) is 0 Å². The number of amides is 4. The highest BCUT2D eigenvalue weighted by Gasteiger charge is 2.62. The molecule has 1 aromatic carbocycles. The van der Waals surface area contributed by atoms with Crippen LogP contribution in [0, 0.1) is 14.9 Å². The summed E-state index contributed by atoms with van der Waals surface area (Å²) in [4.78, 5) is 60.9. The van der Waals surface area contributed by atoms with Crippen molar-refractivity contribution in [2.45, 2.75) is 88.3 Å². The number of benzene rings is 1. The van der Waals surface area contributed by atoms with E-state index in [2.05, 4.69) is 49.5 Å². The molecule has 2 saturated carbocycles. The van der Waals surface area contributed by atoms with E-state index in [1.165, 1.54) is 11.0 Å². The van der Waals surface area contributed by atoms with Gasteiger partial charge in [-0.15, -0.1) is 6.58 Å². The van der Waals surface area contributed by atoms with Crippen molar-refractivity contribution in [3.05, 3.63) is 52.3 Å². The maximum Gasteiger partial charge on any atom is 0.407 e. The number of ether oxygens (including phenoxy) is 2. The maximum absolute atomic E-state index is 14.4. The zero-order chi connectivity index (χ0) is 36.0. The highest BCUT2D eigenvalue weighted by atomic mass is 127. The van der Waals surface area contributed by atoms with E-state index in [0.29, 0.717) is 31.6 Å². The summed E-state index contributed by atoms with van der Waals surface area (Å²) >= 11 is 2.27. The van der Waals surface area contributed by atoms with Crippen molar-refractivity contribution in [2.24, 2.45) is 11.3 Å². The molecule has 3 heterocycles. The summed E-state index contributed by atoms with van der Waals surface area (Å²) in [5, 5.41) is 6.59. The van der Waals surface area contributed by atoms with Gasteiger partial charge in [-0.05, 0) is 83.9 Å². The molecule has 2 aliphatic carbocycles. The molecule has 0 spiro atoms. The van der Waals surface area contributed by atoms with Gasteiger partial charge in [0.1, 0.15) is 23.7 Å². The van der Waals surface area contributed by atoms with Crippen molar-refractivity contribution >= 4 is 73.3 Å². The van der Waals surface area contributed by atoms with E-state index >= 15 is 0 Å². The minimum Gasteiger partial charge on any atom is -0.472 e.